The minimum Gasteiger partial charge on any atom is -0.368 e. The highest BCUT2D eigenvalue weighted by Crippen LogP contribution is 2.57. The molecule has 5 rings (SSSR count). The first-order chi connectivity index (χ1) is 12.7. The van der Waals surface area contributed by atoms with Gasteiger partial charge in [-0.25, -0.2) is 0 Å². The molecule has 0 amide bonds. The molecule has 0 radical (unpaired) electrons. The van der Waals surface area contributed by atoms with Crippen molar-refractivity contribution in [1.29, 1.82) is 5.26 Å². The lowest BCUT2D eigenvalue weighted by Gasteiger charge is -2.37. The molecule has 1 saturated carbocycles. The number of ether oxygens (including phenoxy) is 1. The van der Waals surface area contributed by atoms with E-state index in [4.69, 9.17) is 4.74 Å². The van der Waals surface area contributed by atoms with Crippen LogP contribution in [-0.2, 0) is 4.74 Å². The normalized spacial score (nSPS) is 40.3. The lowest BCUT2D eigenvalue weighted by Crippen LogP contribution is -2.30. The van der Waals surface area contributed by atoms with E-state index in [-0.39, 0.29) is 17.6 Å². The molecule has 1 N–H and O–H groups in total. The summed E-state index contributed by atoms with van der Waals surface area (Å²) in [5.41, 5.74) is 3.68. The number of allylic oxidation sites excluding steroid dienone is 2. The van der Waals surface area contributed by atoms with Gasteiger partial charge in [0.15, 0.2) is 0 Å². The van der Waals surface area contributed by atoms with Crippen LogP contribution in [0.4, 0.5) is 0 Å². The monoisotopic (exact) mass is 347 g/mol. The average Bonchev–Trinajstić information content (AvgIpc) is 3.40. The molecule has 4 heteroatoms. The van der Waals surface area contributed by atoms with Crippen molar-refractivity contribution >= 4 is 6.08 Å². The van der Waals surface area contributed by atoms with E-state index in [0.717, 1.165) is 32.4 Å². The zero-order valence-corrected chi connectivity index (χ0v) is 15.2. The van der Waals surface area contributed by atoms with Gasteiger partial charge in [0.05, 0.1) is 23.7 Å². The van der Waals surface area contributed by atoms with Crippen LogP contribution in [-0.4, -0.2) is 24.2 Å². The van der Waals surface area contributed by atoms with Gasteiger partial charge in [0, 0.05) is 30.4 Å². The van der Waals surface area contributed by atoms with E-state index in [0.29, 0.717) is 17.8 Å². The van der Waals surface area contributed by atoms with Gasteiger partial charge in [-0.3, -0.25) is 4.98 Å². The number of fused-ring (bicyclic) bond motifs is 3. The average molecular weight is 347 g/mol. The first kappa shape index (κ1) is 16.2. The van der Waals surface area contributed by atoms with E-state index in [9.17, 15) is 5.26 Å². The Balaban J connectivity index is 1.50. The van der Waals surface area contributed by atoms with E-state index in [2.05, 4.69) is 47.6 Å². The Bertz CT molecular complexity index is 817. The van der Waals surface area contributed by atoms with Gasteiger partial charge in [0.25, 0.3) is 0 Å². The van der Waals surface area contributed by atoms with Gasteiger partial charge in [-0.15, -0.1) is 0 Å². The summed E-state index contributed by atoms with van der Waals surface area (Å²) in [5.74, 6) is 1.28. The Hall–Kier alpha value is -1.96. The minimum absolute atomic E-state index is 0.0599. The fraction of sp³-hybridized carbons (Fsp3) is 0.545. The molecule has 0 spiro atoms. The van der Waals surface area contributed by atoms with Crippen LogP contribution in [0.15, 0.2) is 36.2 Å². The van der Waals surface area contributed by atoms with E-state index < -0.39 is 0 Å². The van der Waals surface area contributed by atoms with Crippen LogP contribution in [0.2, 0.25) is 0 Å². The first-order valence-corrected chi connectivity index (χ1v) is 9.81. The standard InChI is InChI=1S/C22H25N3O/c1-14-18(19-10-22(13-23)5-2-16(19)9-22)8-15-3-6-25-12-20(15)21(14)26-17-4-7-24-11-17/h2-3,5-6,8,12,14,16-17,19,21,24H,4,7,9-11H2,1H3. The topological polar surface area (TPSA) is 57.9 Å². The number of aromatic nitrogens is 1. The molecule has 1 aromatic heterocycles. The summed E-state index contributed by atoms with van der Waals surface area (Å²) in [7, 11) is 0. The molecule has 6 unspecified atom stereocenters. The van der Waals surface area contributed by atoms with E-state index in [1.165, 1.54) is 16.7 Å². The molecule has 1 aromatic rings. The molecule has 1 saturated heterocycles. The third kappa shape index (κ3) is 2.46. The maximum Gasteiger partial charge on any atom is 0.0912 e. The van der Waals surface area contributed by atoms with Crippen LogP contribution in [0.25, 0.3) is 6.08 Å². The zero-order chi connectivity index (χ0) is 17.7. The number of pyridine rings is 1. The van der Waals surface area contributed by atoms with Gasteiger partial charge in [-0.2, -0.15) is 5.26 Å². The molecule has 3 aliphatic carbocycles. The summed E-state index contributed by atoms with van der Waals surface area (Å²) in [6.45, 7) is 4.27. The van der Waals surface area contributed by atoms with Gasteiger partial charge >= 0.3 is 0 Å². The molecule has 26 heavy (non-hydrogen) atoms. The van der Waals surface area contributed by atoms with Crippen molar-refractivity contribution in [3.05, 3.63) is 47.3 Å². The Morgan fingerprint density at radius 1 is 1.38 bits per heavy atom. The second-order valence-electron chi connectivity index (χ2n) is 8.41. The Kier molecular flexibility index (Phi) is 3.77. The summed E-state index contributed by atoms with van der Waals surface area (Å²) in [6, 6.07) is 4.68. The van der Waals surface area contributed by atoms with E-state index in [1.54, 1.807) is 0 Å². The Morgan fingerprint density at radius 3 is 3.08 bits per heavy atom. The third-order valence-corrected chi connectivity index (χ3v) is 6.86. The second kappa shape index (κ2) is 6.04. The largest absolute Gasteiger partial charge is 0.368 e. The van der Waals surface area contributed by atoms with E-state index >= 15 is 0 Å². The lowest BCUT2D eigenvalue weighted by molar-refractivity contribution is -0.0273. The second-order valence-corrected chi connectivity index (χ2v) is 8.41. The van der Waals surface area contributed by atoms with Crippen molar-refractivity contribution < 1.29 is 4.74 Å². The van der Waals surface area contributed by atoms with Crippen molar-refractivity contribution in [3.8, 4) is 6.07 Å². The fourth-order valence-electron chi connectivity index (χ4n) is 5.46. The molecular weight excluding hydrogens is 322 g/mol. The number of nitriles is 1. The van der Waals surface area contributed by atoms with Gasteiger partial charge in [0.2, 0.25) is 0 Å². The highest BCUT2D eigenvalue weighted by atomic mass is 16.5. The minimum atomic E-state index is -0.236. The lowest BCUT2D eigenvalue weighted by atomic mass is 9.72. The SMILES string of the molecule is CC1C(C2CC3(C#N)C=CC2C3)=Cc2ccncc2C1OC1CCNC1. The molecular formula is C22H25N3O. The molecule has 2 bridgehead atoms. The first-order valence-electron chi connectivity index (χ1n) is 9.81. The Morgan fingerprint density at radius 2 is 2.31 bits per heavy atom. The number of hydrogen-bond donors (Lipinski definition) is 1. The molecule has 2 fully saturated rings. The molecule has 6 atom stereocenters. The Labute approximate surface area is 155 Å². The van der Waals surface area contributed by atoms with Crippen molar-refractivity contribution in [2.24, 2.45) is 23.2 Å². The zero-order valence-electron chi connectivity index (χ0n) is 15.2. The maximum absolute atomic E-state index is 9.66. The number of nitrogens with zero attached hydrogens (tertiary/aromatic N) is 2. The third-order valence-electron chi connectivity index (χ3n) is 6.86. The summed E-state index contributed by atoms with van der Waals surface area (Å²) in [6.07, 6.45) is 14.0. The van der Waals surface area contributed by atoms with Crippen molar-refractivity contribution in [3.63, 3.8) is 0 Å². The van der Waals surface area contributed by atoms with Crippen LogP contribution in [0, 0.1) is 34.5 Å². The van der Waals surface area contributed by atoms with Gasteiger partial charge in [-0.1, -0.05) is 30.7 Å². The van der Waals surface area contributed by atoms with Crippen LogP contribution in [0.3, 0.4) is 0 Å². The number of nitrogens with one attached hydrogen (secondary N) is 1. The van der Waals surface area contributed by atoms with Crippen LogP contribution in [0.5, 0.6) is 0 Å². The highest BCUT2D eigenvalue weighted by Gasteiger charge is 2.50. The maximum atomic E-state index is 9.66. The molecule has 0 aromatic carbocycles. The van der Waals surface area contributed by atoms with Crippen molar-refractivity contribution in [2.75, 3.05) is 13.1 Å². The van der Waals surface area contributed by atoms with Gasteiger partial charge in [-0.05, 0) is 49.3 Å². The van der Waals surface area contributed by atoms with Crippen LogP contribution >= 0.6 is 0 Å². The predicted octanol–water partition coefficient (Wildman–Crippen LogP) is 3.64. The molecule has 4 aliphatic rings. The summed E-state index contributed by atoms with van der Waals surface area (Å²) >= 11 is 0. The molecule has 134 valence electrons. The molecule has 2 heterocycles. The van der Waals surface area contributed by atoms with Crippen molar-refractivity contribution in [2.45, 2.75) is 38.4 Å². The number of rotatable bonds is 3. The fourth-order valence-corrected chi connectivity index (χ4v) is 5.46. The van der Waals surface area contributed by atoms with Gasteiger partial charge in [0.1, 0.15) is 0 Å². The van der Waals surface area contributed by atoms with Gasteiger partial charge < -0.3 is 10.1 Å². The summed E-state index contributed by atoms with van der Waals surface area (Å²) in [4.78, 5) is 4.36. The molecule has 1 aliphatic heterocycles. The smallest absolute Gasteiger partial charge is 0.0912 e. The summed E-state index contributed by atoms with van der Waals surface area (Å²) < 4.78 is 6.59. The van der Waals surface area contributed by atoms with E-state index in [1.807, 2.05) is 12.4 Å². The quantitative estimate of drug-likeness (QED) is 0.848. The number of hydrogen-bond acceptors (Lipinski definition) is 4. The van der Waals surface area contributed by atoms with Crippen molar-refractivity contribution in [1.82, 2.24) is 10.3 Å². The summed E-state index contributed by atoms with van der Waals surface area (Å²) in [5, 5.41) is 13.1. The van der Waals surface area contributed by atoms with Crippen LogP contribution < -0.4 is 5.32 Å². The molecule has 4 nitrogen and oxygen atoms in total. The van der Waals surface area contributed by atoms with Crippen LogP contribution in [0.1, 0.15) is 43.4 Å². The predicted molar refractivity (Wildman–Crippen MR) is 99.9 cm³/mol. The highest BCUT2D eigenvalue weighted by molar-refractivity contribution is 5.62.